The fourth-order valence-electron chi connectivity index (χ4n) is 2.72. The van der Waals surface area contributed by atoms with E-state index in [1.54, 1.807) is 30.9 Å². The molecular formula is C17H22FN5O3S2. The molecule has 1 saturated heterocycles. The highest BCUT2D eigenvalue weighted by Gasteiger charge is 2.27. The number of benzene rings is 1. The predicted molar refractivity (Wildman–Crippen MR) is 106 cm³/mol. The number of anilines is 1. The van der Waals surface area contributed by atoms with E-state index >= 15 is 0 Å². The molecule has 1 aromatic carbocycles. The molecule has 0 radical (unpaired) electrons. The van der Waals surface area contributed by atoms with Crippen LogP contribution in [-0.2, 0) is 10.0 Å². The molecule has 0 spiro atoms. The molecule has 0 aliphatic carbocycles. The Balaban J connectivity index is 1.53. The molecule has 1 aliphatic rings. The largest absolute Gasteiger partial charge is 0.324 e. The van der Waals surface area contributed by atoms with Gasteiger partial charge in [0, 0.05) is 24.7 Å². The Kier molecular flexibility index (Phi) is 6.26. The third kappa shape index (κ3) is 5.03. The van der Waals surface area contributed by atoms with Gasteiger partial charge in [0.05, 0.1) is 5.25 Å². The van der Waals surface area contributed by atoms with Crippen LogP contribution in [0.5, 0.6) is 0 Å². The third-order valence-electron chi connectivity index (χ3n) is 4.46. The molecule has 8 nitrogen and oxygen atoms in total. The van der Waals surface area contributed by atoms with Crippen molar-refractivity contribution in [3.8, 4) is 10.6 Å². The number of halogens is 1. The summed E-state index contributed by atoms with van der Waals surface area (Å²) in [7, 11) is -3.32. The number of hydrogen-bond donors (Lipinski definition) is 2. The molecule has 152 valence electrons. The molecule has 0 atom stereocenters. The van der Waals surface area contributed by atoms with E-state index in [2.05, 4.69) is 20.2 Å². The maximum absolute atomic E-state index is 13.0. The van der Waals surface area contributed by atoms with Crippen molar-refractivity contribution in [1.82, 2.24) is 19.8 Å². The first-order chi connectivity index (χ1) is 13.2. The van der Waals surface area contributed by atoms with Crippen LogP contribution >= 0.6 is 11.3 Å². The minimum atomic E-state index is -3.32. The van der Waals surface area contributed by atoms with Gasteiger partial charge >= 0.3 is 6.03 Å². The van der Waals surface area contributed by atoms with Crippen LogP contribution in [0.25, 0.3) is 10.6 Å². The number of urea groups is 1. The summed E-state index contributed by atoms with van der Waals surface area (Å²) in [6.45, 7) is 4.15. The van der Waals surface area contributed by atoms with Crippen molar-refractivity contribution >= 4 is 32.5 Å². The number of carbonyl (C=O) groups excluding carboxylic acids is 1. The molecule has 28 heavy (non-hydrogen) atoms. The number of carbonyl (C=O) groups is 1. The Morgan fingerprint density at radius 2 is 1.86 bits per heavy atom. The van der Waals surface area contributed by atoms with Crippen molar-refractivity contribution in [3.63, 3.8) is 0 Å². The summed E-state index contributed by atoms with van der Waals surface area (Å²) in [6.07, 6.45) is 1.10. The number of rotatable bonds is 5. The second-order valence-electron chi connectivity index (χ2n) is 6.82. The zero-order valence-electron chi connectivity index (χ0n) is 15.6. The number of amides is 2. The van der Waals surface area contributed by atoms with Crippen molar-refractivity contribution in [1.29, 1.82) is 0 Å². The third-order valence-corrected chi connectivity index (χ3v) is 7.25. The van der Waals surface area contributed by atoms with E-state index in [-0.39, 0.29) is 17.9 Å². The summed E-state index contributed by atoms with van der Waals surface area (Å²) in [6, 6.07) is 5.42. The maximum Gasteiger partial charge on any atom is 0.323 e. The molecule has 0 bridgehead atoms. The van der Waals surface area contributed by atoms with Gasteiger partial charge in [-0.2, -0.15) is 0 Å². The smallest absolute Gasteiger partial charge is 0.323 e. The first kappa shape index (κ1) is 20.6. The van der Waals surface area contributed by atoms with Gasteiger partial charge in [0.25, 0.3) is 0 Å². The monoisotopic (exact) mass is 427 g/mol. The molecule has 2 aromatic rings. The number of piperidine rings is 1. The molecule has 1 aromatic heterocycles. The van der Waals surface area contributed by atoms with Gasteiger partial charge in [0.15, 0.2) is 0 Å². The standard InChI is InChI=1S/C17H22FN5O3S2/c1-11(2)28(25,26)22-14-7-9-23(10-8-14)17(24)19-16-21-20-15(27-16)12-3-5-13(18)6-4-12/h3-6,11,14,22H,7-10H2,1-2H3,(H,19,21,24). The zero-order valence-corrected chi connectivity index (χ0v) is 17.2. The van der Waals surface area contributed by atoms with Crippen LogP contribution in [0, 0.1) is 5.82 Å². The van der Waals surface area contributed by atoms with E-state index in [0.29, 0.717) is 36.1 Å². The average Bonchev–Trinajstić information content (AvgIpc) is 3.11. The Morgan fingerprint density at radius 3 is 2.46 bits per heavy atom. The highest BCUT2D eigenvalue weighted by molar-refractivity contribution is 7.90. The molecule has 0 saturated carbocycles. The summed E-state index contributed by atoms with van der Waals surface area (Å²) in [4.78, 5) is 14.0. The van der Waals surface area contributed by atoms with Gasteiger partial charge in [0.1, 0.15) is 10.8 Å². The second-order valence-corrected chi connectivity index (χ2v) is 10.1. The van der Waals surface area contributed by atoms with Gasteiger partial charge in [-0.25, -0.2) is 22.3 Å². The molecular weight excluding hydrogens is 405 g/mol. The van der Waals surface area contributed by atoms with Crippen LogP contribution in [0.15, 0.2) is 24.3 Å². The van der Waals surface area contributed by atoms with Crippen molar-refractivity contribution in [2.75, 3.05) is 18.4 Å². The number of nitrogens with one attached hydrogen (secondary N) is 2. The Labute approximate surface area is 167 Å². The number of hydrogen-bond acceptors (Lipinski definition) is 6. The fraction of sp³-hybridized carbons (Fsp3) is 0.471. The van der Waals surface area contributed by atoms with E-state index in [1.165, 1.54) is 23.5 Å². The van der Waals surface area contributed by atoms with E-state index in [0.717, 1.165) is 5.56 Å². The highest BCUT2D eigenvalue weighted by atomic mass is 32.2. The first-order valence-corrected chi connectivity index (χ1v) is 11.3. The Bertz CT molecular complexity index is 923. The molecule has 2 heterocycles. The zero-order chi connectivity index (χ0) is 20.3. The Morgan fingerprint density at radius 1 is 1.21 bits per heavy atom. The molecule has 1 fully saturated rings. The normalized spacial score (nSPS) is 15.8. The topological polar surface area (TPSA) is 104 Å². The summed E-state index contributed by atoms with van der Waals surface area (Å²) < 4.78 is 39.6. The SMILES string of the molecule is CC(C)S(=O)(=O)NC1CCN(C(=O)Nc2nnc(-c3ccc(F)cc3)s2)CC1. The quantitative estimate of drug-likeness (QED) is 0.763. The molecule has 3 rings (SSSR count). The van der Waals surface area contributed by atoms with E-state index in [9.17, 15) is 17.6 Å². The first-order valence-electron chi connectivity index (χ1n) is 8.91. The van der Waals surface area contributed by atoms with Crippen LogP contribution < -0.4 is 10.0 Å². The minimum absolute atomic E-state index is 0.164. The minimum Gasteiger partial charge on any atom is -0.324 e. The summed E-state index contributed by atoms with van der Waals surface area (Å²) >= 11 is 1.20. The van der Waals surface area contributed by atoms with Crippen LogP contribution in [0.4, 0.5) is 14.3 Å². The van der Waals surface area contributed by atoms with Crippen molar-refractivity contribution in [2.24, 2.45) is 0 Å². The van der Waals surface area contributed by atoms with E-state index < -0.39 is 15.3 Å². The van der Waals surface area contributed by atoms with Crippen LogP contribution in [0.1, 0.15) is 26.7 Å². The fourth-order valence-corrected chi connectivity index (χ4v) is 4.43. The van der Waals surface area contributed by atoms with Crippen LogP contribution in [0.3, 0.4) is 0 Å². The number of aromatic nitrogens is 2. The summed E-state index contributed by atoms with van der Waals surface area (Å²) in [5.74, 6) is -0.333. The van der Waals surface area contributed by atoms with Crippen molar-refractivity contribution < 1.29 is 17.6 Å². The molecule has 2 N–H and O–H groups in total. The number of sulfonamides is 1. The van der Waals surface area contributed by atoms with Gasteiger partial charge in [-0.1, -0.05) is 11.3 Å². The number of likely N-dealkylation sites (tertiary alicyclic amines) is 1. The van der Waals surface area contributed by atoms with Crippen molar-refractivity contribution in [3.05, 3.63) is 30.1 Å². The Hall–Kier alpha value is -2.11. The van der Waals surface area contributed by atoms with Gasteiger partial charge in [-0.3, -0.25) is 5.32 Å². The van der Waals surface area contributed by atoms with Crippen LogP contribution in [-0.4, -0.2) is 53.9 Å². The van der Waals surface area contributed by atoms with E-state index in [1.807, 2.05) is 0 Å². The molecule has 1 aliphatic heterocycles. The number of nitrogens with zero attached hydrogens (tertiary/aromatic N) is 3. The van der Waals surface area contributed by atoms with Crippen LogP contribution in [0.2, 0.25) is 0 Å². The lowest BCUT2D eigenvalue weighted by atomic mass is 10.1. The summed E-state index contributed by atoms with van der Waals surface area (Å²) in [5, 5.41) is 11.1. The van der Waals surface area contributed by atoms with Gasteiger partial charge in [-0.05, 0) is 51.0 Å². The molecule has 2 amide bonds. The lowest BCUT2D eigenvalue weighted by Crippen LogP contribution is -2.48. The molecule has 11 heteroatoms. The van der Waals surface area contributed by atoms with Gasteiger partial charge in [-0.15, -0.1) is 10.2 Å². The predicted octanol–water partition coefficient (Wildman–Crippen LogP) is 2.67. The maximum atomic E-state index is 13.0. The average molecular weight is 428 g/mol. The highest BCUT2D eigenvalue weighted by Crippen LogP contribution is 2.26. The van der Waals surface area contributed by atoms with Gasteiger partial charge < -0.3 is 4.90 Å². The van der Waals surface area contributed by atoms with E-state index in [4.69, 9.17) is 0 Å². The van der Waals surface area contributed by atoms with Crippen molar-refractivity contribution in [2.45, 2.75) is 38.0 Å². The molecule has 0 unspecified atom stereocenters. The second kappa shape index (κ2) is 8.50. The lowest BCUT2D eigenvalue weighted by molar-refractivity contribution is 0.193. The summed E-state index contributed by atoms with van der Waals surface area (Å²) in [5.41, 5.74) is 0.720. The lowest BCUT2D eigenvalue weighted by Gasteiger charge is -2.32. The van der Waals surface area contributed by atoms with Gasteiger partial charge in [0.2, 0.25) is 15.2 Å².